The number of piperazine rings is 1. The van der Waals surface area contributed by atoms with Crippen molar-refractivity contribution in [2.75, 3.05) is 45.1 Å². The fourth-order valence-corrected chi connectivity index (χ4v) is 2.25. The topological polar surface area (TPSA) is 64.7 Å². The number of anilines is 1. The van der Waals surface area contributed by atoms with Gasteiger partial charge in [-0.2, -0.15) is 0 Å². The van der Waals surface area contributed by atoms with Gasteiger partial charge in [-0.1, -0.05) is 23.7 Å². The summed E-state index contributed by atoms with van der Waals surface area (Å²) in [6.45, 7) is 3.00. The zero-order chi connectivity index (χ0) is 15.2. The van der Waals surface area contributed by atoms with Crippen LogP contribution in [0.1, 0.15) is 0 Å². The molecular formula is C14H19ClN4O2. The van der Waals surface area contributed by atoms with Crippen LogP contribution in [0.4, 0.5) is 10.5 Å². The first-order valence-corrected chi connectivity index (χ1v) is 7.21. The lowest BCUT2D eigenvalue weighted by Crippen LogP contribution is -2.50. The van der Waals surface area contributed by atoms with Gasteiger partial charge >= 0.3 is 6.03 Å². The number of halogens is 1. The van der Waals surface area contributed by atoms with Gasteiger partial charge in [-0.05, 0) is 12.1 Å². The molecule has 1 aromatic rings. The highest BCUT2D eigenvalue weighted by Gasteiger charge is 2.20. The average Bonchev–Trinajstić information content (AvgIpc) is 2.50. The van der Waals surface area contributed by atoms with Crippen LogP contribution in [0.2, 0.25) is 5.02 Å². The lowest BCUT2D eigenvalue weighted by Gasteiger charge is -2.29. The van der Waals surface area contributed by atoms with E-state index in [4.69, 9.17) is 11.6 Å². The lowest BCUT2D eigenvalue weighted by molar-refractivity contribution is -0.132. The Bertz CT molecular complexity index is 517. The quantitative estimate of drug-likeness (QED) is 0.883. The van der Waals surface area contributed by atoms with Gasteiger partial charge in [0.05, 0.1) is 10.7 Å². The molecule has 0 radical (unpaired) electrons. The molecule has 6 nitrogen and oxygen atoms in total. The zero-order valence-corrected chi connectivity index (χ0v) is 12.7. The van der Waals surface area contributed by atoms with Gasteiger partial charge in [-0.3, -0.25) is 4.79 Å². The number of benzene rings is 1. The van der Waals surface area contributed by atoms with Crippen molar-refractivity contribution in [2.45, 2.75) is 0 Å². The molecule has 1 fully saturated rings. The Morgan fingerprint density at radius 3 is 2.67 bits per heavy atom. The van der Waals surface area contributed by atoms with Gasteiger partial charge < -0.3 is 20.4 Å². The number of amides is 3. The molecular weight excluding hydrogens is 292 g/mol. The smallest absolute Gasteiger partial charge is 0.322 e. The standard InChI is InChI=1S/C14H19ClN4O2/c1-18(10-13(20)19-8-6-16-7-9-19)14(21)17-12-5-3-2-4-11(12)15/h2-5,16H,6-10H2,1H3,(H,17,21). The molecule has 7 heteroatoms. The van der Waals surface area contributed by atoms with E-state index in [0.717, 1.165) is 13.1 Å². The van der Waals surface area contributed by atoms with E-state index < -0.39 is 0 Å². The number of rotatable bonds is 3. The Morgan fingerprint density at radius 2 is 2.00 bits per heavy atom. The van der Waals surface area contributed by atoms with Crippen LogP contribution in [0.15, 0.2) is 24.3 Å². The van der Waals surface area contributed by atoms with Gasteiger partial charge in [0.1, 0.15) is 6.54 Å². The monoisotopic (exact) mass is 310 g/mol. The van der Waals surface area contributed by atoms with E-state index in [-0.39, 0.29) is 18.5 Å². The van der Waals surface area contributed by atoms with E-state index in [0.29, 0.717) is 23.8 Å². The second kappa shape index (κ2) is 7.28. The molecule has 1 saturated heterocycles. The van der Waals surface area contributed by atoms with Crippen molar-refractivity contribution in [1.82, 2.24) is 15.1 Å². The molecule has 21 heavy (non-hydrogen) atoms. The molecule has 2 N–H and O–H groups in total. The highest BCUT2D eigenvalue weighted by Crippen LogP contribution is 2.20. The molecule has 0 unspecified atom stereocenters. The third-order valence-corrected chi connectivity index (χ3v) is 3.63. The fourth-order valence-electron chi connectivity index (χ4n) is 2.06. The lowest BCUT2D eigenvalue weighted by atomic mass is 10.3. The van der Waals surface area contributed by atoms with Gasteiger partial charge in [-0.25, -0.2) is 4.79 Å². The second-order valence-electron chi connectivity index (χ2n) is 4.90. The summed E-state index contributed by atoms with van der Waals surface area (Å²) in [5.41, 5.74) is 0.533. The molecule has 0 aromatic heterocycles. The molecule has 2 rings (SSSR count). The molecule has 0 atom stereocenters. The van der Waals surface area contributed by atoms with Crippen molar-refractivity contribution in [1.29, 1.82) is 0 Å². The summed E-state index contributed by atoms with van der Waals surface area (Å²) in [4.78, 5) is 27.3. The van der Waals surface area contributed by atoms with Crippen LogP contribution in [0, 0.1) is 0 Å². The maximum Gasteiger partial charge on any atom is 0.322 e. The second-order valence-corrected chi connectivity index (χ2v) is 5.30. The maximum atomic E-state index is 12.1. The van der Waals surface area contributed by atoms with Gasteiger partial charge in [0.2, 0.25) is 5.91 Å². The minimum absolute atomic E-state index is 0.0479. The fraction of sp³-hybridized carbons (Fsp3) is 0.429. The normalized spacial score (nSPS) is 14.7. The molecule has 1 heterocycles. The molecule has 3 amide bonds. The van der Waals surface area contributed by atoms with E-state index in [1.54, 1.807) is 36.2 Å². The Kier molecular flexibility index (Phi) is 5.41. The van der Waals surface area contributed by atoms with Crippen molar-refractivity contribution in [3.8, 4) is 0 Å². The number of nitrogens with zero attached hydrogens (tertiary/aromatic N) is 2. The van der Waals surface area contributed by atoms with E-state index in [1.165, 1.54) is 4.90 Å². The number of carbonyl (C=O) groups excluding carboxylic acids is 2. The highest BCUT2D eigenvalue weighted by molar-refractivity contribution is 6.33. The summed E-state index contributed by atoms with van der Waals surface area (Å²) < 4.78 is 0. The van der Waals surface area contributed by atoms with E-state index >= 15 is 0 Å². The van der Waals surface area contributed by atoms with Gasteiger partial charge in [0, 0.05) is 33.2 Å². The van der Waals surface area contributed by atoms with Crippen LogP contribution < -0.4 is 10.6 Å². The Hall–Kier alpha value is -1.79. The molecule has 0 saturated carbocycles. The molecule has 1 aliphatic rings. The maximum absolute atomic E-state index is 12.1. The number of hydrogen-bond acceptors (Lipinski definition) is 3. The number of nitrogens with one attached hydrogen (secondary N) is 2. The first-order chi connectivity index (χ1) is 10.1. The van der Waals surface area contributed by atoms with Gasteiger partial charge in [0.25, 0.3) is 0 Å². The first kappa shape index (κ1) is 15.6. The average molecular weight is 311 g/mol. The first-order valence-electron chi connectivity index (χ1n) is 6.83. The summed E-state index contributed by atoms with van der Waals surface area (Å²) in [5.74, 6) is -0.0479. The zero-order valence-electron chi connectivity index (χ0n) is 11.9. The van der Waals surface area contributed by atoms with Crippen LogP contribution in [-0.4, -0.2) is 61.5 Å². The van der Waals surface area contributed by atoms with E-state index in [1.807, 2.05) is 0 Å². The van der Waals surface area contributed by atoms with E-state index in [2.05, 4.69) is 10.6 Å². The van der Waals surface area contributed by atoms with Crippen molar-refractivity contribution in [3.63, 3.8) is 0 Å². The van der Waals surface area contributed by atoms with Crippen LogP contribution in [0.5, 0.6) is 0 Å². The highest BCUT2D eigenvalue weighted by atomic mass is 35.5. The van der Waals surface area contributed by atoms with Crippen LogP contribution in [0.3, 0.4) is 0 Å². The van der Waals surface area contributed by atoms with Crippen molar-refractivity contribution in [2.24, 2.45) is 0 Å². The summed E-state index contributed by atoms with van der Waals surface area (Å²) in [5, 5.41) is 6.34. The molecule has 1 aromatic carbocycles. The van der Waals surface area contributed by atoms with Crippen LogP contribution in [0.25, 0.3) is 0 Å². The largest absolute Gasteiger partial charge is 0.339 e. The van der Waals surface area contributed by atoms with Crippen molar-refractivity contribution in [3.05, 3.63) is 29.3 Å². The minimum Gasteiger partial charge on any atom is -0.339 e. The number of para-hydroxylation sites is 1. The molecule has 114 valence electrons. The molecule has 0 aliphatic carbocycles. The predicted octanol–water partition coefficient (Wildman–Crippen LogP) is 1.24. The number of likely N-dealkylation sites (N-methyl/N-ethyl adjacent to an activating group) is 1. The number of carbonyl (C=O) groups is 2. The number of urea groups is 1. The minimum atomic E-state index is -0.355. The number of hydrogen-bond donors (Lipinski definition) is 2. The molecule has 0 bridgehead atoms. The third-order valence-electron chi connectivity index (χ3n) is 3.30. The predicted molar refractivity (Wildman–Crippen MR) is 82.6 cm³/mol. The van der Waals surface area contributed by atoms with Gasteiger partial charge in [0.15, 0.2) is 0 Å². The Balaban J connectivity index is 1.87. The van der Waals surface area contributed by atoms with E-state index in [9.17, 15) is 9.59 Å². The Labute approximate surface area is 129 Å². The summed E-state index contributed by atoms with van der Waals surface area (Å²) in [6, 6.07) is 6.63. The molecule has 0 spiro atoms. The third kappa shape index (κ3) is 4.34. The summed E-state index contributed by atoms with van der Waals surface area (Å²) >= 11 is 5.99. The molecule has 1 aliphatic heterocycles. The summed E-state index contributed by atoms with van der Waals surface area (Å²) in [7, 11) is 1.59. The van der Waals surface area contributed by atoms with Crippen LogP contribution >= 0.6 is 11.6 Å². The van der Waals surface area contributed by atoms with Gasteiger partial charge in [-0.15, -0.1) is 0 Å². The SMILES string of the molecule is CN(CC(=O)N1CCNCC1)C(=O)Nc1ccccc1Cl. The van der Waals surface area contributed by atoms with Crippen molar-refractivity contribution >= 4 is 29.2 Å². The Morgan fingerprint density at radius 1 is 1.33 bits per heavy atom. The summed E-state index contributed by atoms with van der Waals surface area (Å²) in [6.07, 6.45) is 0. The van der Waals surface area contributed by atoms with Crippen molar-refractivity contribution < 1.29 is 9.59 Å². The van der Waals surface area contributed by atoms with Crippen LogP contribution in [-0.2, 0) is 4.79 Å².